The fraction of sp³-hybridized carbons (Fsp3) is 0.125. The lowest BCUT2D eigenvalue weighted by atomic mass is 9.94. The van der Waals surface area contributed by atoms with Crippen molar-refractivity contribution in [1.29, 1.82) is 0 Å². The number of nitrogens with zero attached hydrogens (tertiary/aromatic N) is 4. The lowest BCUT2D eigenvalue weighted by Crippen LogP contribution is -2.08. The first-order valence-corrected chi connectivity index (χ1v) is 9.60. The molecule has 120 valence electrons. The Morgan fingerprint density at radius 1 is 1.25 bits per heavy atom. The number of thiazole rings is 1. The van der Waals surface area contributed by atoms with Gasteiger partial charge >= 0.3 is 0 Å². The molecule has 1 N–H and O–H groups in total. The molecule has 0 fully saturated rings. The number of hydrogen-bond donors (Lipinski definition) is 1. The molecule has 0 spiro atoms. The van der Waals surface area contributed by atoms with Crippen molar-refractivity contribution in [2.45, 2.75) is 10.3 Å². The first-order chi connectivity index (χ1) is 11.7. The molecule has 0 bridgehead atoms. The molecule has 24 heavy (non-hydrogen) atoms. The molecule has 6 nitrogen and oxygen atoms in total. The Bertz CT molecular complexity index is 998. The van der Waals surface area contributed by atoms with E-state index in [1.54, 1.807) is 24.8 Å². The van der Waals surface area contributed by atoms with Crippen molar-refractivity contribution in [2.75, 3.05) is 6.26 Å². The van der Waals surface area contributed by atoms with E-state index in [2.05, 4.69) is 31.2 Å². The van der Waals surface area contributed by atoms with Crippen LogP contribution in [0.25, 0.3) is 10.2 Å². The van der Waals surface area contributed by atoms with Crippen LogP contribution in [-0.4, -0.2) is 35.6 Å². The molecule has 0 radical (unpaired) electrons. The summed E-state index contributed by atoms with van der Waals surface area (Å²) in [4.78, 5) is 12.0. The molecular formula is C16H13N5OS2. The maximum atomic E-state index is 11.7. The van der Waals surface area contributed by atoms with E-state index >= 15 is 0 Å². The Hall–Kier alpha value is -2.45. The fourth-order valence-corrected chi connectivity index (χ4v) is 4.31. The van der Waals surface area contributed by atoms with Crippen LogP contribution in [0.1, 0.15) is 23.0 Å². The molecule has 2 atom stereocenters. The molecule has 0 aliphatic carbocycles. The molecule has 0 amide bonds. The van der Waals surface area contributed by atoms with Crippen molar-refractivity contribution in [1.82, 2.24) is 25.1 Å². The molecule has 0 aliphatic heterocycles. The van der Waals surface area contributed by atoms with Gasteiger partial charge in [-0.3, -0.25) is 4.21 Å². The van der Waals surface area contributed by atoms with Gasteiger partial charge in [-0.05, 0) is 29.8 Å². The van der Waals surface area contributed by atoms with Gasteiger partial charge in [0.1, 0.15) is 5.82 Å². The summed E-state index contributed by atoms with van der Waals surface area (Å²) in [6.45, 7) is 0. The quantitative estimate of drug-likeness (QED) is 0.608. The highest BCUT2D eigenvalue weighted by Gasteiger charge is 2.21. The van der Waals surface area contributed by atoms with Gasteiger partial charge in [0, 0.05) is 24.8 Å². The summed E-state index contributed by atoms with van der Waals surface area (Å²) >= 11 is 1.45. The Morgan fingerprint density at radius 3 is 2.88 bits per heavy atom. The summed E-state index contributed by atoms with van der Waals surface area (Å²) in [6.07, 6.45) is 6.81. The van der Waals surface area contributed by atoms with E-state index in [9.17, 15) is 4.21 Å². The minimum atomic E-state index is -1.08. The Balaban J connectivity index is 1.86. The monoisotopic (exact) mass is 355 g/mol. The van der Waals surface area contributed by atoms with Gasteiger partial charge in [0.25, 0.3) is 0 Å². The van der Waals surface area contributed by atoms with E-state index in [4.69, 9.17) is 0 Å². The zero-order chi connectivity index (χ0) is 16.5. The standard InChI is InChI=1S/C16H13N5OS2/c1-24(22)16-20-11-5-4-10(9-13(11)23-16)14(15-17-7-8-18-15)12-3-2-6-19-21-12/h2-9,14H,1H3,(H,17,18). The maximum Gasteiger partial charge on any atom is 0.181 e. The highest BCUT2D eigenvalue weighted by atomic mass is 32.2. The third kappa shape index (κ3) is 2.74. The Kier molecular flexibility index (Phi) is 3.91. The summed E-state index contributed by atoms with van der Waals surface area (Å²) < 4.78 is 13.3. The van der Waals surface area contributed by atoms with Crippen molar-refractivity contribution in [3.8, 4) is 0 Å². The number of aromatic amines is 1. The van der Waals surface area contributed by atoms with Crippen LogP contribution in [0, 0.1) is 0 Å². The smallest absolute Gasteiger partial charge is 0.181 e. The number of imidazole rings is 1. The second kappa shape index (κ2) is 6.21. The summed E-state index contributed by atoms with van der Waals surface area (Å²) in [5.41, 5.74) is 2.71. The van der Waals surface area contributed by atoms with E-state index in [-0.39, 0.29) is 5.92 Å². The number of fused-ring (bicyclic) bond motifs is 1. The van der Waals surface area contributed by atoms with Crippen LogP contribution in [0.5, 0.6) is 0 Å². The third-order valence-electron chi connectivity index (χ3n) is 3.65. The molecule has 4 aromatic rings. The molecule has 8 heteroatoms. The van der Waals surface area contributed by atoms with Crippen LogP contribution in [0.15, 0.2) is 53.3 Å². The second-order valence-electron chi connectivity index (χ2n) is 5.22. The average Bonchev–Trinajstić information content (AvgIpc) is 3.25. The van der Waals surface area contributed by atoms with Crippen molar-refractivity contribution in [3.63, 3.8) is 0 Å². The summed E-state index contributed by atoms with van der Waals surface area (Å²) in [5, 5.41) is 8.24. The molecule has 2 unspecified atom stereocenters. The molecule has 3 aromatic heterocycles. The van der Waals surface area contributed by atoms with Gasteiger partial charge in [-0.1, -0.05) is 6.07 Å². The number of aromatic nitrogens is 5. The van der Waals surface area contributed by atoms with Crippen molar-refractivity contribution in [3.05, 3.63) is 66.0 Å². The van der Waals surface area contributed by atoms with Gasteiger partial charge in [-0.2, -0.15) is 10.2 Å². The highest BCUT2D eigenvalue weighted by Crippen LogP contribution is 2.32. The third-order valence-corrected chi connectivity index (χ3v) is 6.00. The number of nitrogens with one attached hydrogen (secondary N) is 1. The lowest BCUT2D eigenvalue weighted by molar-refractivity contribution is 0.686. The zero-order valence-electron chi connectivity index (χ0n) is 12.7. The first-order valence-electron chi connectivity index (χ1n) is 7.23. The number of hydrogen-bond acceptors (Lipinski definition) is 6. The van der Waals surface area contributed by atoms with Gasteiger partial charge in [-0.15, -0.1) is 11.3 Å². The minimum absolute atomic E-state index is 0.143. The van der Waals surface area contributed by atoms with Crippen LogP contribution in [0.2, 0.25) is 0 Å². The van der Waals surface area contributed by atoms with Crippen LogP contribution < -0.4 is 0 Å². The van der Waals surface area contributed by atoms with E-state index in [0.29, 0.717) is 4.34 Å². The van der Waals surface area contributed by atoms with E-state index in [1.807, 2.05) is 24.3 Å². The largest absolute Gasteiger partial charge is 0.348 e. The maximum absolute atomic E-state index is 11.7. The second-order valence-corrected chi connectivity index (χ2v) is 7.80. The normalized spacial score (nSPS) is 13.9. The minimum Gasteiger partial charge on any atom is -0.348 e. The molecular weight excluding hydrogens is 342 g/mol. The SMILES string of the molecule is CS(=O)c1nc2ccc(C(c3cccnn3)c3ncc[nH]3)cc2s1. The zero-order valence-corrected chi connectivity index (χ0v) is 14.3. The van der Waals surface area contributed by atoms with Crippen molar-refractivity contribution in [2.24, 2.45) is 0 Å². The summed E-state index contributed by atoms with van der Waals surface area (Å²) in [5.74, 6) is 0.662. The van der Waals surface area contributed by atoms with E-state index < -0.39 is 10.8 Å². The van der Waals surface area contributed by atoms with Crippen molar-refractivity contribution >= 4 is 32.4 Å². The fourth-order valence-electron chi connectivity index (χ4n) is 2.59. The number of rotatable bonds is 4. The van der Waals surface area contributed by atoms with Gasteiger partial charge in [-0.25, -0.2) is 9.97 Å². The Labute approximate surface area is 144 Å². The molecule has 3 heterocycles. The molecule has 4 rings (SSSR count). The van der Waals surface area contributed by atoms with Crippen LogP contribution in [-0.2, 0) is 10.8 Å². The number of H-pyrrole nitrogens is 1. The highest BCUT2D eigenvalue weighted by molar-refractivity contribution is 7.86. The first kappa shape index (κ1) is 15.1. The van der Waals surface area contributed by atoms with E-state index in [1.165, 1.54) is 11.3 Å². The van der Waals surface area contributed by atoms with Crippen LogP contribution in [0.4, 0.5) is 0 Å². The van der Waals surface area contributed by atoms with Gasteiger partial charge in [0.05, 0.1) is 32.6 Å². The molecule has 0 saturated carbocycles. The Morgan fingerprint density at radius 2 is 2.17 bits per heavy atom. The molecule has 0 aliphatic rings. The molecule has 0 saturated heterocycles. The van der Waals surface area contributed by atoms with Gasteiger partial charge in [0.15, 0.2) is 4.34 Å². The van der Waals surface area contributed by atoms with Crippen LogP contribution in [0.3, 0.4) is 0 Å². The lowest BCUT2D eigenvalue weighted by Gasteiger charge is -2.14. The van der Waals surface area contributed by atoms with E-state index in [0.717, 1.165) is 27.3 Å². The van der Waals surface area contributed by atoms with Gasteiger partial charge in [0.2, 0.25) is 0 Å². The topological polar surface area (TPSA) is 84.4 Å². The summed E-state index contributed by atoms with van der Waals surface area (Å²) in [7, 11) is -1.08. The average molecular weight is 355 g/mol. The van der Waals surface area contributed by atoms with Crippen molar-refractivity contribution < 1.29 is 4.21 Å². The predicted octanol–water partition coefficient (Wildman–Crippen LogP) is 2.73. The summed E-state index contributed by atoms with van der Waals surface area (Å²) in [6, 6.07) is 9.81. The number of benzene rings is 1. The predicted molar refractivity (Wildman–Crippen MR) is 93.5 cm³/mol. The molecule has 1 aromatic carbocycles. The van der Waals surface area contributed by atoms with Crippen LogP contribution >= 0.6 is 11.3 Å². The van der Waals surface area contributed by atoms with Gasteiger partial charge < -0.3 is 4.98 Å².